The van der Waals surface area contributed by atoms with E-state index in [-0.39, 0.29) is 0 Å². The fourth-order valence-corrected chi connectivity index (χ4v) is 1.54. The van der Waals surface area contributed by atoms with Gasteiger partial charge in [0.05, 0.1) is 28.9 Å². The monoisotopic (exact) mass is 238 g/mol. The lowest BCUT2D eigenvalue weighted by Crippen LogP contribution is -2.16. The van der Waals surface area contributed by atoms with Crippen molar-refractivity contribution in [1.82, 2.24) is 0 Å². The number of anilines is 1. The van der Waals surface area contributed by atoms with Crippen LogP contribution in [0.15, 0.2) is 18.2 Å². The van der Waals surface area contributed by atoms with Gasteiger partial charge in [0.2, 0.25) is 0 Å². The average Bonchev–Trinajstić information content (AvgIpc) is 2.28. The highest BCUT2D eigenvalue weighted by atomic mass is 35.5. The Hall–Kier alpha value is -1.24. The summed E-state index contributed by atoms with van der Waals surface area (Å²) >= 11 is 6.01. The van der Waals surface area contributed by atoms with Crippen LogP contribution in [-0.2, 0) is 4.74 Å². The highest BCUT2D eigenvalue weighted by Gasteiger charge is 2.04. The minimum atomic E-state index is 0.395. The summed E-state index contributed by atoms with van der Waals surface area (Å²) in [6.07, 6.45) is 0. The van der Waals surface area contributed by atoms with Gasteiger partial charge in [0.25, 0.3) is 0 Å². The Kier molecular flexibility index (Phi) is 5.10. The first kappa shape index (κ1) is 12.8. The third kappa shape index (κ3) is 3.73. The predicted octanol–water partition coefficient (Wildman–Crippen LogP) is 2.91. The van der Waals surface area contributed by atoms with Gasteiger partial charge in [0.15, 0.2) is 0 Å². The number of nitriles is 1. The van der Waals surface area contributed by atoms with Crippen LogP contribution in [0.3, 0.4) is 0 Å². The molecule has 1 aromatic rings. The van der Waals surface area contributed by atoms with E-state index in [1.165, 1.54) is 0 Å². The SMILES string of the molecule is COCC(C)CNc1cc(C#N)ccc1Cl. The van der Waals surface area contributed by atoms with Crippen LogP contribution in [0.1, 0.15) is 12.5 Å². The van der Waals surface area contributed by atoms with E-state index in [0.717, 1.165) is 12.2 Å². The van der Waals surface area contributed by atoms with Crippen molar-refractivity contribution in [2.75, 3.05) is 25.6 Å². The first-order valence-corrected chi connectivity index (χ1v) is 5.47. The number of benzene rings is 1. The van der Waals surface area contributed by atoms with Crippen LogP contribution in [0.25, 0.3) is 0 Å². The lowest BCUT2D eigenvalue weighted by Gasteiger charge is -2.13. The maximum atomic E-state index is 8.77. The standard InChI is InChI=1S/C12H15ClN2O/c1-9(8-16-2)7-15-12-5-10(6-14)3-4-11(12)13/h3-5,9,15H,7-8H2,1-2H3. The molecule has 1 unspecified atom stereocenters. The van der Waals surface area contributed by atoms with Gasteiger partial charge in [-0.1, -0.05) is 18.5 Å². The predicted molar refractivity (Wildman–Crippen MR) is 65.7 cm³/mol. The first-order chi connectivity index (χ1) is 7.67. The summed E-state index contributed by atoms with van der Waals surface area (Å²) < 4.78 is 5.04. The van der Waals surface area contributed by atoms with Crippen molar-refractivity contribution in [3.05, 3.63) is 28.8 Å². The van der Waals surface area contributed by atoms with E-state index in [0.29, 0.717) is 23.1 Å². The summed E-state index contributed by atoms with van der Waals surface area (Å²) in [5.74, 6) is 0.395. The molecule has 0 heterocycles. The fraction of sp³-hybridized carbons (Fsp3) is 0.417. The maximum Gasteiger partial charge on any atom is 0.0992 e. The molecule has 1 aromatic carbocycles. The number of hydrogen-bond acceptors (Lipinski definition) is 3. The molecule has 0 aliphatic heterocycles. The first-order valence-electron chi connectivity index (χ1n) is 5.09. The third-order valence-corrected chi connectivity index (χ3v) is 2.52. The Morgan fingerprint density at radius 2 is 2.31 bits per heavy atom. The third-order valence-electron chi connectivity index (χ3n) is 2.19. The zero-order valence-corrected chi connectivity index (χ0v) is 10.2. The number of halogens is 1. The van der Waals surface area contributed by atoms with Crippen LogP contribution in [-0.4, -0.2) is 20.3 Å². The van der Waals surface area contributed by atoms with Crippen LogP contribution in [0.2, 0.25) is 5.02 Å². The molecule has 1 N–H and O–H groups in total. The molecule has 1 atom stereocenters. The van der Waals surface area contributed by atoms with Gasteiger partial charge in [0.1, 0.15) is 0 Å². The Balaban J connectivity index is 2.63. The van der Waals surface area contributed by atoms with Gasteiger partial charge in [-0.3, -0.25) is 0 Å². The number of ether oxygens (including phenoxy) is 1. The van der Waals surface area contributed by atoms with Crippen molar-refractivity contribution in [2.24, 2.45) is 5.92 Å². The van der Waals surface area contributed by atoms with Crippen molar-refractivity contribution >= 4 is 17.3 Å². The molecule has 0 aromatic heterocycles. The second kappa shape index (κ2) is 6.37. The molecule has 86 valence electrons. The number of nitrogens with one attached hydrogen (secondary N) is 1. The van der Waals surface area contributed by atoms with Crippen molar-refractivity contribution in [3.63, 3.8) is 0 Å². The molecule has 0 amide bonds. The molecule has 0 spiro atoms. The Labute approximate surface area is 101 Å². The molecular weight excluding hydrogens is 224 g/mol. The molecule has 0 saturated carbocycles. The van der Waals surface area contributed by atoms with E-state index >= 15 is 0 Å². The smallest absolute Gasteiger partial charge is 0.0992 e. The van der Waals surface area contributed by atoms with E-state index in [1.807, 2.05) is 0 Å². The Bertz CT molecular complexity index is 387. The van der Waals surface area contributed by atoms with Crippen LogP contribution < -0.4 is 5.32 Å². The Morgan fingerprint density at radius 3 is 2.94 bits per heavy atom. The molecule has 1 rings (SSSR count). The molecule has 0 bridgehead atoms. The van der Waals surface area contributed by atoms with Crippen molar-refractivity contribution in [1.29, 1.82) is 5.26 Å². The minimum Gasteiger partial charge on any atom is -0.384 e. The molecule has 16 heavy (non-hydrogen) atoms. The normalized spacial score (nSPS) is 11.9. The molecule has 0 aliphatic carbocycles. The van der Waals surface area contributed by atoms with Gasteiger partial charge in [-0.2, -0.15) is 5.26 Å². The summed E-state index contributed by atoms with van der Waals surface area (Å²) in [7, 11) is 1.68. The van der Waals surface area contributed by atoms with Crippen molar-refractivity contribution in [2.45, 2.75) is 6.92 Å². The van der Waals surface area contributed by atoms with E-state index in [9.17, 15) is 0 Å². The molecule has 0 aliphatic rings. The Morgan fingerprint density at radius 1 is 1.56 bits per heavy atom. The largest absolute Gasteiger partial charge is 0.384 e. The van der Waals surface area contributed by atoms with Crippen LogP contribution in [0.5, 0.6) is 0 Å². The number of methoxy groups -OCH3 is 1. The lowest BCUT2D eigenvalue weighted by atomic mass is 10.1. The zero-order chi connectivity index (χ0) is 12.0. The second-order valence-electron chi connectivity index (χ2n) is 3.75. The topological polar surface area (TPSA) is 45.0 Å². The lowest BCUT2D eigenvalue weighted by molar-refractivity contribution is 0.164. The van der Waals surface area contributed by atoms with Gasteiger partial charge >= 0.3 is 0 Å². The van der Waals surface area contributed by atoms with E-state index < -0.39 is 0 Å². The van der Waals surface area contributed by atoms with E-state index in [4.69, 9.17) is 21.6 Å². The van der Waals surface area contributed by atoms with Crippen LogP contribution in [0.4, 0.5) is 5.69 Å². The summed E-state index contributed by atoms with van der Waals surface area (Å²) in [6, 6.07) is 7.26. The highest BCUT2D eigenvalue weighted by Crippen LogP contribution is 2.22. The fourth-order valence-electron chi connectivity index (χ4n) is 1.36. The molecular formula is C12H15ClN2O. The summed E-state index contributed by atoms with van der Waals surface area (Å²) in [6.45, 7) is 3.55. The minimum absolute atomic E-state index is 0.395. The molecule has 0 radical (unpaired) electrons. The second-order valence-corrected chi connectivity index (χ2v) is 4.16. The highest BCUT2D eigenvalue weighted by molar-refractivity contribution is 6.33. The van der Waals surface area contributed by atoms with Gasteiger partial charge in [0, 0.05) is 13.7 Å². The van der Waals surface area contributed by atoms with E-state index in [1.54, 1.807) is 25.3 Å². The van der Waals surface area contributed by atoms with Gasteiger partial charge in [-0.05, 0) is 24.1 Å². The quantitative estimate of drug-likeness (QED) is 0.858. The summed E-state index contributed by atoms with van der Waals surface area (Å²) in [5, 5.41) is 12.6. The van der Waals surface area contributed by atoms with Crippen LogP contribution >= 0.6 is 11.6 Å². The summed E-state index contributed by atoms with van der Waals surface area (Å²) in [4.78, 5) is 0. The van der Waals surface area contributed by atoms with Crippen molar-refractivity contribution < 1.29 is 4.74 Å². The average molecular weight is 239 g/mol. The van der Waals surface area contributed by atoms with Gasteiger partial charge < -0.3 is 10.1 Å². The number of hydrogen-bond donors (Lipinski definition) is 1. The maximum absolute atomic E-state index is 8.77. The van der Waals surface area contributed by atoms with Crippen molar-refractivity contribution in [3.8, 4) is 6.07 Å². The number of rotatable bonds is 5. The molecule has 4 heteroatoms. The molecule has 3 nitrogen and oxygen atoms in total. The zero-order valence-electron chi connectivity index (χ0n) is 9.46. The molecule has 0 saturated heterocycles. The van der Waals surface area contributed by atoms with Crippen LogP contribution in [0, 0.1) is 17.2 Å². The van der Waals surface area contributed by atoms with Gasteiger partial charge in [-0.15, -0.1) is 0 Å². The molecule has 0 fully saturated rings. The summed E-state index contributed by atoms with van der Waals surface area (Å²) in [5.41, 5.74) is 1.40. The number of nitrogens with zero attached hydrogens (tertiary/aromatic N) is 1. The van der Waals surface area contributed by atoms with Gasteiger partial charge in [-0.25, -0.2) is 0 Å². The van der Waals surface area contributed by atoms with E-state index in [2.05, 4.69) is 18.3 Å².